The van der Waals surface area contributed by atoms with E-state index < -0.39 is 16.1 Å². The van der Waals surface area contributed by atoms with E-state index in [2.05, 4.69) is 5.32 Å². The summed E-state index contributed by atoms with van der Waals surface area (Å²) in [5, 5.41) is 4.02. The van der Waals surface area contributed by atoms with Crippen molar-refractivity contribution in [2.45, 2.75) is 58.2 Å². The Morgan fingerprint density at radius 1 is 0.955 bits per heavy atom. The fourth-order valence-corrected chi connectivity index (χ4v) is 6.39. The van der Waals surface area contributed by atoms with Gasteiger partial charge in [0.2, 0.25) is 21.8 Å². The smallest absolute Gasteiger partial charge is 0.243 e. The number of rotatable bonds is 15. The number of nitrogens with one attached hydrogen (secondary N) is 1. The summed E-state index contributed by atoms with van der Waals surface area (Å²) in [4.78, 5) is 29.2. The number of sulfonamides is 1. The highest BCUT2D eigenvalue weighted by Gasteiger charge is 2.32. The molecule has 3 aromatic rings. The Morgan fingerprint density at radius 3 is 2.18 bits per heavy atom. The molecule has 0 saturated carbocycles. The van der Waals surface area contributed by atoms with Crippen LogP contribution in [0.25, 0.3) is 0 Å². The molecule has 2 unspecified atom stereocenters. The minimum absolute atomic E-state index is 0.00730. The molecule has 0 radical (unpaired) electrons. The third-order valence-electron chi connectivity index (χ3n) is 7.24. The van der Waals surface area contributed by atoms with Crippen LogP contribution in [0.1, 0.15) is 44.2 Å². The number of hydrogen-bond acceptors (Lipinski definition) is 5. The van der Waals surface area contributed by atoms with E-state index in [0.717, 1.165) is 11.8 Å². The van der Waals surface area contributed by atoms with E-state index in [0.29, 0.717) is 33.5 Å². The lowest BCUT2D eigenvalue weighted by Gasteiger charge is -2.33. The van der Waals surface area contributed by atoms with Crippen LogP contribution in [-0.2, 0) is 32.6 Å². The van der Waals surface area contributed by atoms with E-state index in [-0.39, 0.29) is 55.2 Å². The third-order valence-corrected chi connectivity index (χ3v) is 9.44. The summed E-state index contributed by atoms with van der Waals surface area (Å²) in [5.41, 5.74) is 1.74. The maximum absolute atomic E-state index is 14.0. The lowest BCUT2D eigenvalue weighted by atomic mass is 10.0. The molecule has 0 saturated heterocycles. The Kier molecular flexibility index (Phi) is 13.2. The number of methoxy groups -OCH3 is 1. The molecule has 0 aliphatic carbocycles. The molecular formula is C32H38Cl3N3O5S. The minimum atomic E-state index is -3.71. The summed E-state index contributed by atoms with van der Waals surface area (Å²) < 4.78 is 31.8. The topological polar surface area (TPSA) is 96.0 Å². The van der Waals surface area contributed by atoms with Gasteiger partial charge in [-0.25, -0.2) is 8.42 Å². The van der Waals surface area contributed by atoms with Gasteiger partial charge in [0.25, 0.3) is 0 Å². The number of nitrogens with zero attached hydrogens (tertiary/aromatic N) is 2. The number of carbonyl (C=O) groups is 2. The first-order valence-electron chi connectivity index (χ1n) is 14.2. The molecule has 0 heterocycles. The van der Waals surface area contributed by atoms with Crippen molar-refractivity contribution in [3.63, 3.8) is 0 Å². The maximum Gasteiger partial charge on any atom is 0.243 e. The number of halogens is 3. The van der Waals surface area contributed by atoms with Crippen molar-refractivity contribution in [1.82, 2.24) is 10.2 Å². The van der Waals surface area contributed by atoms with Crippen molar-refractivity contribution in [1.29, 1.82) is 0 Å². The Morgan fingerprint density at radius 2 is 1.61 bits per heavy atom. The van der Waals surface area contributed by atoms with E-state index in [1.807, 2.05) is 44.2 Å². The van der Waals surface area contributed by atoms with Gasteiger partial charge in [0, 0.05) is 47.6 Å². The summed E-state index contributed by atoms with van der Waals surface area (Å²) in [6, 6.07) is 18.2. The Bertz CT molecular complexity index is 1520. The van der Waals surface area contributed by atoms with E-state index in [9.17, 15) is 18.0 Å². The van der Waals surface area contributed by atoms with Crippen molar-refractivity contribution in [3.8, 4) is 5.75 Å². The fourth-order valence-electron chi connectivity index (χ4n) is 4.66. The quantitative estimate of drug-likeness (QED) is 0.191. The molecule has 3 rings (SSSR count). The second-order valence-corrected chi connectivity index (χ2v) is 13.6. The van der Waals surface area contributed by atoms with Gasteiger partial charge in [0.1, 0.15) is 11.8 Å². The van der Waals surface area contributed by atoms with Gasteiger partial charge >= 0.3 is 0 Å². The van der Waals surface area contributed by atoms with Gasteiger partial charge in [0.15, 0.2) is 0 Å². The van der Waals surface area contributed by atoms with Crippen molar-refractivity contribution in [3.05, 3.63) is 92.9 Å². The molecule has 12 heteroatoms. The second kappa shape index (κ2) is 16.4. The number of hydrogen-bond donors (Lipinski definition) is 1. The first-order valence-corrected chi connectivity index (χ1v) is 17.2. The predicted octanol–water partition coefficient (Wildman–Crippen LogP) is 6.76. The lowest BCUT2D eigenvalue weighted by molar-refractivity contribution is -0.141. The van der Waals surface area contributed by atoms with Crippen molar-refractivity contribution >= 4 is 62.3 Å². The molecule has 44 heavy (non-hydrogen) atoms. The van der Waals surface area contributed by atoms with Crippen molar-refractivity contribution in [2.75, 3.05) is 24.2 Å². The van der Waals surface area contributed by atoms with Gasteiger partial charge < -0.3 is 15.0 Å². The number of amides is 2. The second-order valence-electron chi connectivity index (χ2n) is 10.5. The van der Waals surface area contributed by atoms with Crippen LogP contribution < -0.4 is 14.4 Å². The Hall–Kier alpha value is -2.98. The van der Waals surface area contributed by atoms with E-state index >= 15 is 0 Å². The van der Waals surface area contributed by atoms with Gasteiger partial charge in [-0.3, -0.25) is 13.9 Å². The van der Waals surface area contributed by atoms with Gasteiger partial charge in [0.05, 0.1) is 24.1 Å². The van der Waals surface area contributed by atoms with Crippen LogP contribution >= 0.6 is 34.8 Å². The molecule has 1 N–H and O–H groups in total. The molecule has 0 bridgehead atoms. The molecule has 0 aromatic heterocycles. The van der Waals surface area contributed by atoms with Gasteiger partial charge in [-0.1, -0.05) is 78.1 Å². The molecule has 2 amide bonds. The molecule has 3 aromatic carbocycles. The average Bonchev–Trinajstić information content (AvgIpc) is 2.98. The summed E-state index contributed by atoms with van der Waals surface area (Å²) in [6.45, 7) is 3.87. The largest absolute Gasteiger partial charge is 0.495 e. The monoisotopic (exact) mass is 681 g/mol. The molecule has 8 nitrogen and oxygen atoms in total. The minimum Gasteiger partial charge on any atom is -0.495 e. The zero-order valence-electron chi connectivity index (χ0n) is 25.2. The zero-order chi connectivity index (χ0) is 32.4. The number of benzene rings is 3. The van der Waals surface area contributed by atoms with Gasteiger partial charge in [-0.05, 0) is 55.7 Å². The summed E-state index contributed by atoms with van der Waals surface area (Å²) >= 11 is 19.3. The third kappa shape index (κ3) is 9.76. The van der Waals surface area contributed by atoms with E-state index in [4.69, 9.17) is 39.5 Å². The average molecular weight is 683 g/mol. The lowest BCUT2D eigenvalue weighted by Crippen LogP contribution is -2.52. The molecule has 238 valence electrons. The van der Waals surface area contributed by atoms with E-state index in [1.54, 1.807) is 30.3 Å². The van der Waals surface area contributed by atoms with Crippen LogP contribution in [0.2, 0.25) is 15.1 Å². The van der Waals surface area contributed by atoms with Crippen LogP contribution in [0.3, 0.4) is 0 Å². The van der Waals surface area contributed by atoms with Crippen LogP contribution in [0, 0.1) is 0 Å². The van der Waals surface area contributed by atoms with E-state index in [1.165, 1.54) is 22.4 Å². The standard InChI is InChI=1S/C32H38Cl3N3O5S/c1-5-22(2)36-32(40)29(19-23-11-7-6-8-12-23)37(21-25-26(33)13-9-14-27(25)34)31(39)15-10-18-38(44(4,41)42)24-16-17-30(43-3)28(35)20-24/h6-9,11-14,16-17,20,22,29H,5,10,15,18-19,21H2,1-4H3,(H,36,40). The molecular weight excluding hydrogens is 645 g/mol. The fraction of sp³-hybridized carbons (Fsp3) is 0.375. The summed E-state index contributed by atoms with van der Waals surface area (Å²) in [6.07, 6.45) is 2.20. The highest BCUT2D eigenvalue weighted by molar-refractivity contribution is 7.92. The first-order chi connectivity index (χ1) is 20.8. The van der Waals surface area contributed by atoms with Crippen LogP contribution in [0.4, 0.5) is 5.69 Å². The van der Waals surface area contributed by atoms with Crippen LogP contribution in [0.15, 0.2) is 66.7 Å². The van der Waals surface area contributed by atoms with Gasteiger partial charge in [-0.2, -0.15) is 0 Å². The first kappa shape index (κ1) is 35.5. The maximum atomic E-state index is 14.0. The Balaban J connectivity index is 1.94. The molecule has 2 atom stereocenters. The zero-order valence-corrected chi connectivity index (χ0v) is 28.3. The number of ether oxygens (including phenoxy) is 1. The molecule has 0 spiro atoms. The number of carbonyl (C=O) groups excluding carboxylic acids is 2. The highest BCUT2D eigenvalue weighted by atomic mass is 35.5. The van der Waals surface area contributed by atoms with Crippen LogP contribution in [0.5, 0.6) is 5.75 Å². The summed E-state index contributed by atoms with van der Waals surface area (Å²) in [7, 11) is -2.24. The van der Waals surface area contributed by atoms with Crippen LogP contribution in [-0.4, -0.2) is 57.1 Å². The molecule has 0 aliphatic heterocycles. The molecule has 0 fully saturated rings. The number of anilines is 1. The van der Waals surface area contributed by atoms with Gasteiger partial charge in [-0.15, -0.1) is 0 Å². The summed E-state index contributed by atoms with van der Waals surface area (Å²) in [5.74, 6) is -0.235. The SMILES string of the molecule is CCC(C)NC(=O)C(Cc1ccccc1)N(Cc1c(Cl)cccc1Cl)C(=O)CCCN(c1ccc(OC)c(Cl)c1)S(C)(=O)=O. The highest BCUT2D eigenvalue weighted by Crippen LogP contribution is 2.31. The van der Waals surface area contributed by atoms with Crippen molar-refractivity contribution < 1.29 is 22.7 Å². The Labute approximate surface area is 275 Å². The predicted molar refractivity (Wildman–Crippen MR) is 178 cm³/mol. The normalized spacial score (nSPS) is 12.7. The van der Waals surface area contributed by atoms with Crippen molar-refractivity contribution in [2.24, 2.45) is 0 Å². The molecule has 0 aliphatic rings.